The number of ether oxygens (including phenoxy) is 1. The molecule has 1 amide bonds. The average molecular weight is 444 g/mol. The molecule has 0 bridgehead atoms. The number of benzene rings is 2. The smallest absolute Gasteiger partial charge is 0.358 e. The first-order valence-corrected chi connectivity index (χ1v) is 10.7. The molecule has 1 N–H and O–H groups in total. The molecule has 0 aliphatic rings. The Morgan fingerprint density at radius 1 is 1.03 bits per heavy atom. The van der Waals surface area contributed by atoms with Crippen molar-refractivity contribution < 1.29 is 18.7 Å². The molecular weight excluding hydrogens is 418 g/mol. The fourth-order valence-electron chi connectivity index (χ4n) is 3.69. The van der Waals surface area contributed by atoms with Crippen LogP contribution in [-0.4, -0.2) is 28.3 Å². The number of rotatable bonds is 6. The molecule has 7 nitrogen and oxygen atoms in total. The zero-order chi connectivity index (χ0) is 23.5. The number of aromatic nitrogens is 2. The predicted octanol–water partition coefficient (Wildman–Crippen LogP) is 5.49. The van der Waals surface area contributed by atoms with Crippen LogP contribution in [-0.2, 0) is 4.74 Å². The quantitative estimate of drug-likeness (QED) is 0.399. The van der Waals surface area contributed by atoms with Crippen molar-refractivity contribution in [3.8, 4) is 16.9 Å². The molecule has 2 heterocycles. The summed E-state index contributed by atoms with van der Waals surface area (Å²) in [6.45, 7) is 7.57. The number of esters is 1. The number of hydrogen-bond donors (Lipinski definition) is 1. The van der Waals surface area contributed by atoms with Gasteiger partial charge in [-0.1, -0.05) is 30.3 Å². The van der Waals surface area contributed by atoms with Crippen molar-refractivity contribution in [2.45, 2.75) is 27.7 Å². The van der Waals surface area contributed by atoms with E-state index in [1.54, 1.807) is 37.6 Å². The van der Waals surface area contributed by atoms with Crippen molar-refractivity contribution in [3.05, 3.63) is 89.0 Å². The molecule has 4 rings (SSSR count). The van der Waals surface area contributed by atoms with Crippen molar-refractivity contribution in [1.82, 2.24) is 9.78 Å². The summed E-state index contributed by atoms with van der Waals surface area (Å²) in [4.78, 5) is 25.1. The minimum atomic E-state index is -0.485. The Bertz CT molecular complexity index is 1330. The lowest BCUT2D eigenvalue weighted by atomic mass is 10.1. The van der Waals surface area contributed by atoms with Crippen LogP contribution in [0.5, 0.6) is 0 Å². The number of carbonyl (C=O) groups is 2. The van der Waals surface area contributed by atoms with Gasteiger partial charge in [0.15, 0.2) is 5.69 Å². The Morgan fingerprint density at radius 2 is 1.82 bits per heavy atom. The molecule has 0 atom stereocenters. The highest BCUT2D eigenvalue weighted by molar-refractivity contribution is 6.05. The standard InChI is InChI=1S/C26H25N3O4/c1-5-32-26(31)22-15-24(29(28-22)23-12-7-6-9-16(23)2)19-10-8-11-20(14-19)27-25(30)21-13-17(3)33-18(21)4/h6-15H,5H2,1-4H3,(H,27,30). The summed E-state index contributed by atoms with van der Waals surface area (Å²) in [5, 5.41) is 7.45. The van der Waals surface area contributed by atoms with E-state index in [2.05, 4.69) is 10.4 Å². The lowest BCUT2D eigenvalue weighted by Crippen LogP contribution is -2.12. The molecule has 0 spiro atoms. The zero-order valence-electron chi connectivity index (χ0n) is 19.0. The molecule has 0 radical (unpaired) electrons. The first kappa shape index (κ1) is 22.1. The van der Waals surface area contributed by atoms with Gasteiger partial charge in [0.1, 0.15) is 11.5 Å². The van der Waals surface area contributed by atoms with Crippen molar-refractivity contribution in [2.75, 3.05) is 11.9 Å². The summed E-state index contributed by atoms with van der Waals surface area (Å²) in [5.74, 6) is 0.514. The molecule has 7 heteroatoms. The third kappa shape index (κ3) is 4.57. The molecule has 0 fully saturated rings. The Morgan fingerprint density at radius 3 is 2.52 bits per heavy atom. The average Bonchev–Trinajstić information content (AvgIpc) is 3.37. The van der Waals surface area contributed by atoms with E-state index in [0.29, 0.717) is 28.5 Å². The van der Waals surface area contributed by atoms with Crippen LogP contribution in [0.2, 0.25) is 0 Å². The normalized spacial score (nSPS) is 10.8. The Hall–Kier alpha value is -4.13. The first-order chi connectivity index (χ1) is 15.9. The van der Waals surface area contributed by atoms with Crippen LogP contribution in [0.4, 0.5) is 5.69 Å². The lowest BCUT2D eigenvalue weighted by Gasteiger charge is -2.11. The van der Waals surface area contributed by atoms with Gasteiger partial charge in [0.25, 0.3) is 5.91 Å². The maximum absolute atomic E-state index is 12.7. The summed E-state index contributed by atoms with van der Waals surface area (Å²) in [6.07, 6.45) is 0. The molecule has 4 aromatic rings. The third-order valence-corrected chi connectivity index (χ3v) is 5.24. The number of carbonyl (C=O) groups excluding carboxylic acids is 2. The zero-order valence-corrected chi connectivity index (χ0v) is 19.0. The van der Waals surface area contributed by atoms with Crippen LogP contribution in [0, 0.1) is 20.8 Å². The van der Waals surface area contributed by atoms with E-state index >= 15 is 0 Å². The van der Waals surface area contributed by atoms with Crippen molar-refractivity contribution >= 4 is 17.6 Å². The van der Waals surface area contributed by atoms with E-state index in [4.69, 9.17) is 9.15 Å². The van der Waals surface area contributed by atoms with E-state index in [1.807, 2.05) is 55.5 Å². The summed E-state index contributed by atoms with van der Waals surface area (Å²) >= 11 is 0. The molecule has 0 aliphatic heterocycles. The number of hydrogen-bond acceptors (Lipinski definition) is 5. The van der Waals surface area contributed by atoms with Gasteiger partial charge < -0.3 is 14.5 Å². The van der Waals surface area contributed by atoms with Crippen LogP contribution in [0.25, 0.3) is 16.9 Å². The van der Waals surface area contributed by atoms with E-state index in [-0.39, 0.29) is 18.2 Å². The van der Waals surface area contributed by atoms with Gasteiger partial charge in [-0.3, -0.25) is 4.79 Å². The maximum atomic E-state index is 12.7. The summed E-state index contributed by atoms with van der Waals surface area (Å²) in [6, 6.07) is 18.6. The SMILES string of the molecule is CCOC(=O)c1cc(-c2cccc(NC(=O)c3cc(C)oc3C)c2)n(-c2ccccc2C)n1. The molecule has 0 unspecified atom stereocenters. The van der Waals surface area contributed by atoms with Gasteiger partial charge in [-0.25, -0.2) is 9.48 Å². The molecule has 0 saturated heterocycles. The van der Waals surface area contributed by atoms with E-state index in [9.17, 15) is 9.59 Å². The van der Waals surface area contributed by atoms with Crippen LogP contribution < -0.4 is 5.32 Å². The maximum Gasteiger partial charge on any atom is 0.358 e. The topological polar surface area (TPSA) is 86.4 Å². The molecule has 0 saturated carbocycles. The second-order valence-corrected chi connectivity index (χ2v) is 7.70. The first-order valence-electron chi connectivity index (χ1n) is 10.7. The number of nitrogens with one attached hydrogen (secondary N) is 1. The number of nitrogens with zero attached hydrogens (tertiary/aromatic N) is 2. The largest absolute Gasteiger partial charge is 0.466 e. The second-order valence-electron chi connectivity index (χ2n) is 7.70. The van der Waals surface area contributed by atoms with Gasteiger partial charge in [0, 0.05) is 11.3 Å². The summed E-state index contributed by atoms with van der Waals surface area (Å²) < 4.78 is 12.4. The van der Waals surface area contributed by atoms with Gasteiger partial charge in [0.2, 0.25) is 0 Å². The molecule has 0 aliphatic carbocycles. The fourth-order valence-corrected chi connectivity index (χ4v) is 3.69. The minimum Gasteiger partial charge on any atom is -0.466 e. The number of para-hydroxylation sites is 1. The van der Waals surface area contributed by atoms with E-state index in [1.165, 1.54) is 0 Å². The van der Waals surface area contributed by atoms with Crippen LogP contribution in [0.3, 0.4) is 0 Å². The van der Waals surface area contributed by atoms with E-state index in [0.717, 1.165) is 16.8 Å². The van der Waals surface area contributed by atoms with Crippen molar-refractivity contribution in [2.24, 2.45) is 0 Å². The second kappa shape index (κ2) is 9.16. The highest BCUT2D eigenvalue weighted by Gasteiger charge is 2.19. The monoisotopic (exact) mass is 443 g/mol. The highest BCUT2D eigenvalue weighted by Crippen LogP contribution is 2.28. The summed E-state index contributed by atoms with van der Waals surface area (Å²) in [5.41, 5.74) is 4.68. The van der Waals surface area contributed by atoms with Gasteiger partial charge in [0.05, 0.1) is 23.6 Å². The van der Waals surface area contributed by atoms with Crippen LogP contribution >= 0.6 is 0 Å². The van der Waals surface area contributed by atoms with Crippen LogP contribution in [0.15, 0.2) is 65.1 Å². The Labute approximate surface area is 192 Å². The third-order valence-electron chi connectivity index (χ3n) is 5.24. The van der Waals surface area contributed by atoms with Gasteiger partial charge in [-0.2, -0.15) is 5.10 Å². The Balaban J connectivity index is 1.74. The van der Waals surface area contributed by atoms with E-state index < -0.39 is 5.97 Å². The molecule has 2 aromatic heterocycles. The lowest BCUT2D eigenvalue weighted by molar-refractivity contribution is 0.0518. The molecule has 33 heavy (non-hydrogen) atoms. The van der Waals surface area contributed by atoms with Crippen molar-refractivity contribution in [3.63, 3.8) is 0 Å². The highest BCUT2D eigenvalue weighted by atomic mass is 16.5. The summed E-state index contributed by atoms with van der Waals surface area (Å²) in [7, 11) is 0. The van der Waals surface area contributed by atoms with Crippen molar-refractivity contribution in [1.29, 1.82) is 0 Å². The number of furan rings is 1. The van der Waals surface area contributed by atoms with Gasteiger partial charge in [-0.05, 0) is 63.6 Å². The molecule has 2 aromatic carbocycles. The van der Waals surface area contributed by atoms with Gasteiger partial charge >= 0.3 is 5.97 Å². The van der Waals surface area contributed by atoms with Gasteiger partial charge in [-0.15, -0.1) is 0 Å². The molecular formula is C26H25N3O4. The number of aryl methyl sites for hydroxylation is 3. The number of anilines is 1. The predicted molar refractivity (Wildman–Crippen MR) is 126 cm³/mol. The van der Waals surface area contributed by atoms with Crippen LogP contribution in [0.1, 0.15) is 44.9 Å². The number of amides is 1. The fraction of sp³-hybridized carbons (Fsp3) is 0.192. The Kier molecular flexibility index (Phi) is 6.13. The molecule has 168 valence electrons. The minimum absolute atomic E-state index is 0.217.